The van der Waals surface area contributed by atoms with Gasteiger partial charge in [-0.05, 0) is 46.9 Å². The molecule has 1 fully saturated rings. The van der Waals surface area contributed by atoms with E-state index in [4.69, 9.17) is 0 Å². The Bertz CT molecular complexity index is 1510. The number of aryl methyl sites for hydroxylation is 1. The number of nitrogens with zero attached hydrogens (tertiary/aromatic N) is 4. The highest BCUT2D eigenvalue weighted by Gasteiger charge is 2.35. The van der Waals surface area contributed by atoms with E-state index in [1.54, 1.807) is 23.4 Å². The van der Waals surface area contributed by atoms with E-state index in [1.807, 2.05) is 59.5 Å². The molecule has 0 saturated carbocycles. The summed E-state index contributed by atoms with van der Waals surface area (Å²) in [6.45, 7) is 3.56. The van der Waals surface area contributed by atoms with Gasteiger partial charge in [0.05, 0.1) is 5.56 Å². The molecule has 1 aromatic heterocycles. The number of pyridine rings is 1. The van der Waals surface area contributed by atoms with E-state index in [0.717, 1.165) is 42.9 Å². The van der Waals surface area contributed by atoms with Crippen LogP contribution in [0.4, 0.5) is 13.2 Å². The molecule has 2 amide bonds. The smallest absolute Gasteiger partial charge is 0.338 e. The molecule has 4 aromatic rings. The number of benzene rings is 3. The maximum Gasteiger partial charge on any atom is 0.416 e. The van der Waals surface area contributed by atoms with E-state index in [2.05, 4.69) is 22.0 Å². The predicted molar refractivity (Wildman–Crippen MR) is 167 cm³/mol. The maximum atomic E-state index is 14.3. The average molecular weight is 615 g/mol. The molecular formula is C36H37F3N4O2. The van der Waals surface area contributed by atoms with Gasteiger partial charge < -0.3 is 9.80 Å². The van der Waals surface area contributed by atoms with Gasteiger partial charge in [0.1, 0.15) is 6.04 Å². The van der Waals surface area contributed by atoms with Crippen LogP contribution < -0.4 is 0 Å². The van der Waals surface area contributed by atoms with Crippen molar-refractivity contribution in [1.82, 2.24) is 19.7 Å². The Morgan fingerprint density at radius 3 is 1.98 bits per heavy atom. The lowest BCUT2D eigenvalue weighted by molar-refractivity contribution is -0.147. The van der Waals surface area contributed by atoms with Crippen LogP contribution in [-0.4, -0.2) is 63.7 Å². The third-order valence-corrected chi connectivity index (χ3v) is 8.17. The number of piperazine rings is 1. The van der Waals surface area contributed by atoms with Crippen LogP contribution in [-0.2, 0) is 41.7 Å². The van der Waals surface area contributed by atoms with Crippen molar-refractivity contribution in [3.05, 3.63) is 137 Å². The zero-order chi connectivity index (χ0) is 31.6. The third-order valence-electron chi connectivity index (χ3n) is 8.17. The van der Waals surface area contributed by atoms with Gasteiger partial charge in [-0.25, -0.2) is 0 Å². The van der Waals surface area contributed by atoms with Gasteiger partial charge >= 0.3 is 6.18 Å². The lowest BCUT2D eigenvalue weighted by atomic mass is 10.0. The van der Waals surface area contributed by atoms with Crippen LogP contribution >= 0.6 is 0 Å². The van der Waals surface area contributed by atoms with Crippen molar-refractivity contribution in [3.8, 4) is 0 Å². The minimum absolute atomic E-state index is 0.0506. The lowest BCUT2D eigenvalue weighted by Gasteiger charge is -2.39. The summed E-state index contributed by atoms with van der Waals surface area (Å²) in [5, 5.41) is 0. The van der Waals surface area contributed by atoms with Crippen molar-refractivity contribution >= 4 is 11.8 Å². The lowest BCUT2D eigenvalue weighted by Crippen LogP contribution is -2.56. The number of halogens is 3. The molecule has 0 spiro atoms. The van der Waals surface area contributed by atoms with Crippen molar-refractivity contribution in [3.63, 3.8) is 0 Å². The fraction of sp³-hybridized carbons (Fsp3) is 0.306. The van der Waals surface area contributed by atoms with Crippen LogP contribution in [0.2, 0.25) is 0 Å². The van der Waals surface area contributed by atoms with Crippen LogP contribution in [0.25, 0.3) is 0 Å². The first-order valence-corrected chi connectivity index (χ1v) is 15.2. The molecule has 0 aliphatic carbocycles. The molecule has 1 aliphatic rings. The molecule has 2 heterocycles. The van der Waals surface area contributed by atoms with Gasteiger partial charge in [-0.15, -0.1) is 0 Å². The van der Waals surface area contributed by atoms with Gasteiger partial charge in [0.25, 0.3) is 0 Å². The first-order valence-electron chi connectivity index (χ1n) is 15.2. The molecule has 1 saturated heterocycles. The molecule has 0 unspecified atom stereocenters. The second kappa shape index (κ2) is 15.0. The van der Waals surface area contributed by atoms with E-state index in [9.17, 15) is 22.8 Å². The minimum atomic E-state index is -4.42. The highest BCUT2D eigenvalue weighted by atomic mass is 19.4. The van der Waals surface area contributed by atoms with Crippen LogP contribution in [0.5, 0.6) is 0 Å². The highest BCUT2D eigenvalue weighted by molar-refractivity contribution is 5.88. The highest BCUT2D eigenvalue weighted by Crippen LogP contribution is 2.29. The zero-order valence-electron chi connectivity index (χ0n) is 25.1. The van der Waals surface area contributed by atoms with Gasteiger partial charge in [-0.2, -0.15) is 13.2 Å². The fourth-order valence-electron chi connectivity index (χ4n) is 5.66. The minimum Gasteiger partial charge on any atom is -0.338 e. The van der Waals surface area contributed by atoms with Crippen LogP contribution in [0.1, 0.15) is 34.2 Å². The average Bonchev–Trinajstić information content (AvgIpc) is 3.06. The SMILES string of the molecule is O=C([C@H](Cc1ccccc1)N(Cc1cccnc1)C(=O)CCc1ccc(C(F)(F)F)cc1)N1CCN(Cc2ccccc2)CC1. The number of alkyl halides is 3. The molecule has 5 rings (SSSR count). The molecule has 234 valence electrons. The van der Waals surface area contributed by atoms with Crippen LogP contribution in [0.3, 0.4) is 0 Å². The summed E-state index contributed by atoms with van der Waals surface area (Å²) >= 11 is 0. The molecule has 0 N–H and O–H groups in total. The number of hydrogen-bond donors (Lipinski definition) is 0. The molecular weight excluding hydrogens is 577 g/mol. The van der Waals surface area contributed by atoms with Crippen molar-refractivity contribution in [2.75, 3.05) is 26.2 Å². The van der Waals surface area contributed by atoms with Gasteiger partial charge in [-0.1, -0.05) is 78.9 Å². The number of carbonyl (C=O) groups excluding carboxylic acids is 2. The summed E-state index contributed by atoms with van der Waals surface area (Å²) in [5.74, 6) is -0.347. The zero-order valence-corrected chi connectivity index (χ0v) is 25.1. The number of carbonyl (C=O) groups is 2. The van der Waals surface area contributed by atoms with Crippen molar-refractivity contribution < 1.29 is 22.8 Å². The fourth-order valence-corrected chi connectivity index (χ4v) is 5.66. The van der Waals surface area contributed by atoms with Gasteiger partial charge in [0.2, 0.25) is 11.8 Å². The molecule has 9 heteroatoms. The van der Waals surface area contributed by atoms with Gasteiger partial charge in [0, 0.05) is 64.5 Å². The number of rotatable bonds is 11. The third kappa shape index (κ3) is 9.01. The van der Waals surface area contributed by atoms with E-state index < -0.39 is 17.8 Å². The van der Waals surface area contributed by atoms with E-state index >= 15 is 0 Å². The Morgan fingerprint density at radius 2 is 1.38 bits per heavy atom. The number of amides is 2. The summed E-state index contributed by atoms with van der Waals surface area (Å²) in [4.78, 5) is 38.3. The molecule has 1 atom stereocenters. The van der Waals surface area contributed by atoms with E-state index in [0.29, 0.717) is 25.1 Å². The summed E-state index contributed by atoms with van der Waals surface area (Å²) in [6.07, 6.45) is -0.437. The Balaban J connectivity index is 1.35. The summed E-state index contributed by atoms with van der Waals surface area (Å²) < 4.78 is 39.2. The summed E-state index contributed by atoms with van der Waals surface area (Å²) in [5.41, 5.74) is 2.84. The maximum absolute atomic E-state index is 14.3. The van der Waals surface area contributed by atoms with Gasteiger partial charge in [-0.3, -0.25) is 19.5 Å². The standard InChI is InChI=1S/C36H37F3N4O2/c37-36(38,39)32-16-13-28(14-17-32)15-18-34(44)43(27-31-12-7-19-40-25-31)33(24-29-8-3-1-4-9-29)35(45)42-22-20-41(21-23-42)26-30-10-5-2-6-11-30/h1-14,16-17,19,25,33H,15,18,20-24,26-27H2/t33-/m0/s1. The monoisotopic (exact) mass is 614 g/mol. The largest absolute Gasteiger partial charge is 0.416 e. The van der Waals surface area contributed by atoms with E-state index in [-0.39, 0.29) is 31.2 Å². The number of hydrogen-bond acceptors (Lipinski definition) is 4. The van der Waals surface area contributed by atoms with Crippen molar-refractivity contribution in [1.29, 1.82) is 0 Å². The quantitative estimate of drug-likeness (QED) is 0.208. The van der Waals surface area contributed by atoms with Crippen molar-refractivity contribution in [2.45, 2.75) is 44.6 Å². The van der Waals surface area contributed by atoms with E-state index in [1.165, 1.54) is 17.7 Å². The summed E-state index contributed by atoms with van der Waals surface area (Å²) in [7, 11) is 0. The molecule has 45 heavy (non-hydrogen) atoms. The first-order chi connectivity index (χ1) is 21.8. The second-order valence-electron chi connectivity index (χ2n) is 11.4. The molecule has 0 radical (unpaired) electrons. The van der Waals surface area contributed by atoms with Gasteiger partial charge in [0.15, 0.2) is 0 Å². The van der Waals surface area contributed by atoms with Crippen LogP contribution in [0, 0.1) is 0 Å². The molecule has 0 bridgehead atoms. The molecule has 1 aliphatic heterocycles. The Hall–Kier alpha value is -4.50. The second-order valence-corrected chi connectivity index (χ2v) is 11.4. The van der Waals surface area contributed by atoms with Crippen molar-refractivity contribution in [2.24, 2.45) is 0 Å². The Labute approximate surface area is 262 Å². The molecule has 3 aromatic carbocycles. The Kier molecular flexibility index (Phi) is 10.6. The summed E-state index contributed by atoms with van der Waals surface area (Å²) in [6, 6.07) is 27.7. The number of aromatic nitrogens is 1. The predicted octanol–water partition coefficient (Wildman–Crippen LogP) is 6.02. The van der Waals surface area contributed by atoms with Crippen LogP contribution in [0.15, 0.2) is 109 Å². The normalized spacial score (nSPS) is 14.6. The topological polar surface area (TPSA) is 56.8 Å². The Morgan fingerprint density at radius 1 is 0.756 bits per heavy atom. The molecule has 6 nitrogen and oxygen atoms in total. The first kappa shape index (κ1) is 31.9.